The van der Waals surface area contributed by atoms with E-state index < -0.39 is 0 Å². The zero-order valence-corrected chi connectivity index (χ0v) is 11.5. The Balaban J connectivity index is 1.86. The molecule has 0 fully saturated rings. The van der Waals surface area contributed by atoms with E-state index in [4.69, 9.17) is 17.3 Å². The zero-order valence-electron chi connectivity index (χ0n) is 10.8. The van der Waals surface area contributed by atoms with Crippen LogP contribution < -0.4 is 10.6 Å². The molecule has 3 heteroatoms. The topological polar surface area (TPSA) is 29.3 Å². The third-order valence-electron chi connectivity index (χ3n) is 3.64. The van der Waals surface area contributed by atoms with E-state index in [0.717, 1.165) is 13.1 Å². The molecule has 0 unspecified atom stereocenters. The molecule has 0 radical (unpaired) electrons. The maximum Gasteiger partial charge on any atom is 0.0638 e. The van der Waals surface area contributed by atoms with Crippen molar-refractivity contribution in [2.45, 2.75) is 19.4 Å². The summed E-state index contributed by atoms with van der Waals surface area (Å²) < 4.78 is 0. The summed E-state index contributed by atoms with van der Waals surface area (Å²) in [6.45, 7) is 1.98. The molecule has 0 aromatic heterocycles. The van der Waals surface area contributed by atoms with Crippen molar-refractivity contribution in [2.24, 2.45) is 0 Å². The fourth-order valence-corrected chi connectivity index (χ4v) is 2.87. The van der Waals surface area contributed by atoms with Crippen LogP contribution in [0.25, 0.3) is 0 Å². The van der Waals surface area contributed by atoms with Crippen molar-refractivity contribution in [3.8, 4) is 0 Å². The Kier molecular flexibility index (Phi) is 3.34. The third-order valence-corrected chi connectivity index (χ3v) is 3.97. The molecule has 0 saturated carbocycles. The zero-order chi connectivity index (χ0) is 13.2. The van der Waals surface area contributed by atoms with Crippen molar-refractivity contribution < 1.29 is 0 Å². The van der Waals surface area contributed by atoms with Crippen LogP contribution in [-0.2, 0) is 13.0 Å². The fourth-order valence-electron chi connectivity index (χ4n) is 2.67. The first kappa shape index (κ1) is 12.4. The Hall–Kier alpha value is -1.67. The molecule has 1 aliphatic rings. The Labute approximate surface area is 118 Å². The quantitative estimate of drug-likeness (QED) is 0.841. The van der Waals surface area contributed by atoms with E-state index in [9.17, 15) is 0 Å². The van der Waals surface area contributed by atoms with Crippen molar-refractivity contribution in [2.75, 3.05) is 17.2 Å². The summed E-state index contributed by atoms with van der Waals surface area (Å²) in [6.07, 6.45) is 2.38. The van der Waals surface area contributed by atoms with Crippen LogP contribution in [-0.4, -0.2) is 6.54 Å². The van der Waals surface area contributed by atoms with Crippen molar-refractivity contribution >= 4 is 23.0 Å². The van der Waals surface area contributed by atoms with Crippen LogP contribution in [0.1, 0.15) is 17.5 Å². The second kappa shape index (κ2) is 5.14. The summed E-state index contributed by atoms with van der Waals surface area (Å²) in [5.41, 5.74) is 10.4. The van der Waals surface area contributed by atoms with Crippen LogP contribution in [0, 0.1) is 0 Å². The average molecular weight is 273 g/mol. The van der Waals surface area contributed by atoms with E-state index in [0.29, 0.717) is 10.7 Å². The van der Waals surface area contributed by atoms with Gasteiger partial charge in [-0.1, -0.05) is 35.9 Å². The summed E-state index contributed by atoms with van der Waals surface area (Å²) in [7, 11) is 0. The van der Waals surface area contributed by atoms with Gasteiger partial charge in [0.15, 0.2) is 0 Å². The van der Waals surface area contributed by atoms with Gasteiger partial charge in [0, 0.05) is 18.8 Å². The van der Waals surface area contributed by atoms with E-state index in [2.05, 4.69) is 35.2 Å². The normalized spacial score (nSPS) is 14.3. The first-order valence-electron chi connectivity index (χ1n) is 6.61. The second-order valence-electron chi connectivity index (χ2n) is 5.01. The van der Waals surface area contributed by atoms with Crippen LogP contribution in [0.5, 0.6) is 0 Å². The summed E-state index contributed by atoms with van der Waals surface area (Å²) in [6, 6.07) is 14.5. The van der Waals surface area contributed by atoms with E-state index in [-0.39, 0.29) is 0 Å². The first-order chi connectivity index (χ1) is 9.24. The van der Waals surface area contributed by atoms with Gasteiger partial charge in [0.25, 0.3) is 0 Å². The largest absolute Gasteiger partial charge is 0.398 e. The minimum absolute atomic E-state index is 0.641. The van der Waals surface area contributed by atoms with Crippen molar-refractivity contribution in [1.82, 2.24) is 0 Å². The molecular weight excluding hydrogens is 256 g/mol. The molecule has 0 spiro atoms. The molecular formula is C16H17ClN2. The molecule has 0 bridgehead atoms. The average Bonchev–Trinajstić information content (AvgIpc) is 2.43. The lowest BCUT2D eigenvalue weighted by atomic mass is 10.0. The SMILES string of the molecule is Nc1ccc(CN2CCCc3ccccc32)cc1Cl. The van der Waals surface area contributed by atoms with Crippen LogP contribution in [0.3, 0.4) is 0 Å². The van der Waals surface area contributed by atoms with Gasteiger partial charge in [-0.2, -0.15) is 0 Å². The van der Waals surface area contributed by atoms with E-state index in [1.54, 1.807) is 0 Å². The van der Waals surface area contributed by atoms with E-state index >= 15 is 0 Å². The molecule has 0 amide bonds. The Morgan fingerprint density at radius 2 is 2.00 bits per heavy atom. The van der Waals surface area contributed by atoms with Gasteiger partial charge in [-0.05, 0) is 42.2 Å². The predicted octanol–water partition coefficient (Wildman–Crippen LogP) is 3.88. The Bertz CT molecular complexity index is 595. The molecule has 2 aromatic rings. The molecule has 0 saturated heterocycles. The van der Waals surface area contributed by atoms with Gasteiger partial charge in [0.1, 0.15) is 0 Å². The number of nitrogens with zero attached hydrogens (tertiary/aromatic N) is 1. The molecule has 2 nitrogen and oxygen atoms in total. The van der Waals surface area contributed by atoms with Gasteiger partial charge in [-0.25, -0.2) is 0 Å². The number of anilines is 2. The number of nitrogens with two attached hydrogens (primary N) is 1. The van der Waals surface area contributed by atoms with E-state index in [1.165, 1.54) is 29.7 Å². The van der Waals surface area contributed by atoms with Crippen molar-refractivity contribution in [1.29, 1.82) is 0 Å². The van der Waals surface area contributed by atoms with Gasteiger partial charge in [0.2, 0.25) is 0 Å². The number of para-hydroxylation sites is 1. The predicted molar refractivity (Wildman–Crippen MR) is 81.7 cm³/mol. The molecule has 19 heavy (non-hydrogen) atoms. The molecule has 1 heterocycles. The van der Waals surface area contributed by atoms with Crippen LogP contribution in [0.4, 0.5) is 11.4 Å². The minimum atomic E-state index is 0.641. The van der Waals surface area contributed by atoms with Crippen molar-refractivity contribution in [3.05, 3.63) is 58.6 Å². The second-order valence-corrected chi connectivity index (χ2v) is 5.42. The van der Waals surface area contributed by atoms with Gasteiger partial charge in [-0.3, -0.25) is 0 Å². The van der Waals surface area contributed by atoms with Crippen LogP contribution >= 0.6 is 11.6 Å². The van der Waals surface area contributed by atoms with Gasteiger partial charge in [-0.15, -0.1) is 0 Å². The van der Waals surface area contributed by atoms with Gasteiger partial charge < -0.3 is 10.6 Å². The number of hydrogen-bond donors (Lipinski definition) is 1. The number of benzene rings is 2. The molecule has 2 N–H and O–H groups in total. The number of hydrogen-bond acceptors (Lipinski definition) is 2. The summed E-state index contributed by atoms with van der Waals surface area (Å²) in [5, 5.41) is 0.641. The number of rotatable bonds is 2. The lowest BCUT2D eigenvalue weighted by Gasteiger charge is -2.31. The Morgan fingerprint density at radius 3 is 2.84 bits per heavy atom. The fraction of sp³-hybridized carbons (Fsp3) is 0.250. The number of fused-ring (bicyclic) bond motifs is 1. The highest BCUT2D eigenvalue weighted by Crippen LogP contribution is 2.29. The smallest absolute Gasteiger partial charge is 0.0638 e. The monoisotopic (exact) mass is 272 g/mol. The van der Waals surface area contributed by atoms with Gasteiger partial charge in [0.05, 0.1) is 10.7 Å². The molecule has 2 aromatic carbocycles. The standard InChI is InChI=1S/C16H17ClN2/c17-14-10-12(7-8-15(14)18)11-19-9-3-5-13-4-1-2-6-16(13)19/h1-2,4,6-8,10H,3,5,9,11,18H2. The Morgan fingerprint density at radius 1 is 1.16 bits per heavy atom. The maximum atomic E-state index is 6.09. The molecule has 0 aliphatic carbocycles. The highest BCUT2D eigenvalue weighted by atomic mass is 35.5. The highest BCUT2D eigenvalue weighted by molar-refractivity contribution is 6.33. The molecule has 0 atom stereocenters. The summed E-state index contributed by atoms with van der Waals surface area (Å²) in [4.78, 5) is 2.42. The maximum absolute atomic E-state index is 6.09. The molecule has 1 aliphatic heterocycles. The van der Waals surface area contributed by atoms with Crippen LogP contribution in [0.2, 0.25) is 5.02 Å². The van der Waals surface area contributed by atoms with Crippen LogP contribution in [0.15, 0.2) is 42.5 Å². The highest BCUT2D eigenvalue weighted by Gasteiger charge is 2.16. The molecule has 98 valence electrons. The number of aryl methyl sites for hydroxylation is 1. The number of halogens is 1. The summed E-state index contributed by atoms with van der Waals surface area (Å²) >= 11 is 6.09. The lowest BCUT2D eigenvalue weighted by Crippen LogP contribution is -2.28. The molecule has 3 rings (SSSR count). The summed E-state index contributed by atoms with van der Waals surface area (Å²) in [5.74, 6) is 0. The van der Waals surface area contributed by atoms with Gasteiger partial charge >= 0.3 is 0 Å². The first-order valence-corrected chi connectivity index (χ1v) is 6.98. The van der Waals surface area contributed by atoms with E-state index in [1.807, 2.05) is 12.1 Å². The lowest BCUT2D eigenvalue weighted by molar-refractivity contribution is 0.691. The minimum Gasteiger partial charge on any atom is -0.398 e. The number of nitrogen functional groups attached to an aromatic ring is 1. The third kappa shape index (κ3) is 2.54. The van der Waals surface area contributed by atoms with Crippen molar-refractivity contribution in [3.63, 3.8) is 0 Å².